The number of rotatable bonds is 2. The van der Waals surface area contributed by atoms with Gasteiger partial charge >= 0.3 is 0 Å². The Bertz CT molecular complexity index is 330. The summed E-state index contributed by atoms with van der Waals surface area (Å²) in [6, 6.07) is 0. The molecule has 1 fully saturated rings. The van der Waals surface area contributed by atoms with Gasteiger partial charge in [-0.15, -0.1) is 11.6 Å². The molecule has 0 aliphatic carbocycles. The minimum atomic E-state index is -0.0563. The highest BCUT2D eigenvalue weighted by Crippen LogP contribution is 2.17. The molecule has 1 aromatic heterocycles. The molecule has 1 aliphatic rings. The molecule has 1 saturated heterocycles. The molecule has 1 aromatic rings. The average molecular weight is 212 g/mol. The fourth-order valence-electron chi connectivity index (χ4n) is 1.48. The third-order valence-corrected chi connectivity index (χ3v) is 2.43. The molecule has 0 saturated carbocycles. The molecule has 0 radical (unpaired) electrons. The smallest absolute Gasteiger partial charge is 0.224 e. The van der Waals surface area contributed by atoms with Gasteiger partial charge in [-0.05, 0) is 0 Å². The summed E-state index contributed by atoms with van der Waals surface area (Å²) in [6.45, 7) is 1.12. The Morgan fingerprint density at radius 1 is 1.57 bits per heavy atom. The SMILES string of the molecule is O=C1CC(Cl)CN1Cc1cnccn1. The van der Waals surface area contributed by atoms with Crippen LogP contribution in [0.15, 0.2) is 18.6 Å². The molecular weight excluding hydrogens is 202 g/mol. The Morgan fingerprint density at radius 3 is 3.00 bits per heavy atom. The van der Waals surface area contributed by atoms with Crippen molar-refractivity contribution in [3.63, 3.8) is 0 Å². The first kappa shape index (κ1) is 9.40. The predicted molar refractivity (Wildman–Crippen MR) is 51.7 cm³/mol. The molecule has 74 valence electrons. The summed E-state index contributed by atoms with van der Waals surface area (Å²) in [5.74, 6) is 0.0932. The van der Waals surface area contributed by atoms with Crippen molar-refractivity contribution in [2.75, 3.05) is 6.54 Å². The summed E-state index contributed by atoms with van der Waals surface area (Å²) in [5, 5.41) is -0.0563. The Morgan fingerprint density at radius 2 is 2.43 bits per heavy atom. The van der Waals surface area contributed by atoms with Crippen LogP contribution in [0.1, 0.15) is 12.1 Å². The van der Waals surface area contributed by atoms with Gasteiger partial charge in [0.1, 0.15) is 0 Å². The van der Waals surface area contributed by atoms with Gasteiger partial charge in [0.05, 0.1) is 23.8 Å². The van der Waals surface area contributed by atoms with Gasteiger partial charge in [-0.25, -0.2) is 0 Å². The average Bonchev–Trinajstić information content (AvgIpc) is 2.47. The van der Waals surface area contributed by atoms with E-state index in [1.807, 2.05) is 0 Å². The van der Waals surface area contributed by atoms with E-state index in [1.54, 1.807) is 23.5 Å². The highest BCUT2D eigenvalue weighted by molar-refractivity contribution is 6.22. The molecular formula is C9H10ClN3O. The number of alkyl halides is 1. The molecule has 4 nitrogen and oxygen atoms in total. The van der Waals surface area contributed by atoms with E-state index in [4.69, 9.17) is 11.6 Å². The van der Waals surface area contributed by atoms with Gasteiger partial charge in [-0.2, -0.15) is 0 Å². The zero-order chi connectivity index (χ0) is 9.97. The Balaban J connectivity index is 2.02. The van der Waals surface area contributed by atoms with E-state index >= 15 is 0 Å². The lowest BCUT2D eigenvalue weighted by molar-refractivity contribution is -0.128. The number of aromatic nitrogens is 2. The number of carbonyl (C=O) groups is 1. The lowest BCUT2D eigenvalue weighted by atomic mass is 10.4. The molecule has 1 atom stereocenters. The minimum Gasteiger partial charge on any atom is -0.335 e. The molecule has 0 spiro atoms. The Hall–Kier alpha value is -1.16. The van der Waals surface area contributed by atoms with Crippen LogP contribution in [0.3, 0.4) is 0 Å². The van der Waals surface area contributed by atoms with Crippen LogP contribution in [-0.4, -0.2) is 32.7 Å². The summed E-state index contributed by atoms with van der Waals surface area (Å²) in [5.41, 5.74) is 0.798. The van der Waals surface area contributed by atoms with Gasteiger partial charge in [-0.3, -0.25) is 14.8 Å². The van der Waals surface area contributed by atoms with E-state index in [0.717, 1.165) is 5.69 Å². The Labute approximate surface area is 86.9 Å². The van der Waals surface area contributed by atoms with E-state index < -0.39 is 0 Å². The first-order chi connectivity index (χ1) is 6.75. The van der Waals surface area contributed by atoms with Crippen LogP contribution < -0.4 is 0 Å². The second-order valence-corrected chi connectivity index (χ2v) is 3.89. The molecule has 14 heavy (non-hydrogen) atoms. The van der Waals surface area contributed by atoms with Crippen LogP contribution in [0.25, 0.3) is 0 Å². The molecule has 1 unspecified atom stereocenters. The van der Waals surface area contributed by atoms with Gasteiger partial charge in [-0.1, -0.05) is 0 Å². The number of halogens is 1. The molecule has 2 heterocycles. The van der Waals surface area contributed by atoms with Crippen molar-refractivity contribution in [3.05, 3.63) is 24.3 Å². The third-order valence-electron chi connectivity index (χ3n) is 2.14. The highest BCUT2D eigenvalue weighted by Gasteiger charge is 2.27. The summed E-state index contributed by atoms with van der Waals surface area (Å²) in [4.78, 5) is 21.1. The number of hydrogen-bond donors (Lipinski definition) is 0. The molecule has 0 N–H and O–H groups in total. The van der Waals surface area contributed by atoms with Crippen LogP contribution in [0.2, 0.25) is 0 Å². The van der Waals surface area contributed by atoms with Crippen molar-refractivity contribution in [2.24, 2.45) is 0 Å². The van der Waals surface area contributed by atoms with Gasteiger partial charge in [0.2, 0.25) is 5.91 Å². The van der Waals surface area contributed by atoms with Gasteiger partial charge in [0.25, 0.3) is 0 Å². The zero-order valence-corrected chi connectivity index (χ0v) is 8.31. The number of nitrogens with zero attached hydrogens (tertiary/aromatic N) is 3. The number of amides is 1. The second kappa shape index (κ2) is 3.92. The van der Waals surface area contributed by atoms with Crippen LogP contribution in [-0.2, 0) is 11.3 Å². The molecule has 2 rings (SSSR count). The lowest BCUT2D eigenvalue weighted by Gasteiger charge is -2.14. The molecule has 1 amide bonds. The van der Waals surface area contributed by atoms with E-state index in [9.17, 15) is 4.79 Å². The summed E-state index contributed by atoms with van der Waals surface area (Å²) < 4.78 is 0. The van der Waals surface area contributed by atoms with E-state index in [2.05, 4.69) is 9.97 Å². The van der Waals surface area contributed by atoms with Crippen LogP contribution >= 0.6 is 11.6 Å². The minimum absolute atomic E-state index is 0.0563. The van der Waals surface area contributed by atoms with Crippen molar-refractivity contribution in [2.45, 2.75) is 18.3 Å². The van der Waals surface area contributed by atoms with Crippen LogP contribution in [0.5, 0.6) is 0 Å². The first-order valence-corrected chi connectivity index (χ1v) is 4.86. The third kappa shape index (κ3) is 2.01. The lowest BCUT2D eigenvalue weighted by Crippen LogP contribution is -2.25. The number of likely N-dealkylation sites (tertiary alicyclic amines) is 1. The second-order valence-electron chi connectivity index (χ2n) is 3.27. The highest BCUT2D eigenvalue weighted by atomic mass is 35.5. The van der Waals surface area contributed by atoms with Crippen molar-refractivity contribution < 1.29 is 4.79 Å². The van der Waals surface area contributed by atoms with Crippen molar-refractivity contribution in [1.29, 1.82) is 0 Å². The maximum atomic E-state index is 11.4. The Kier molecular flexibility index (Phi) is 2.63. The van der Waals surface area contributed by atoms with Crippen LogP contribution in [0, 0.1) is 0 Å². The number of hydrogen-bond acceptors (Lipinski definition) is 3. The van der Waals surface area contributed by atoms with Crippen molar-refractivity contribution in [3.8, 4) is 0 Å². The largest absolute Gasteiger partial charge is 0.335 e. The fourth-order valence-corrected chi connectivity index (χ4v) is 1.78. The summed E-state index contributed by atoms with van der Waals surface area (Å²) >= 11 is 5.87. The molecule has 0 bridgehead atoms. The van der Waals surface area contributed by atoms with Crippen LogP contribution in [0.4, 0.5) is 0 Å². The molecule has 5 heteroatoms. The van der Waals surface area contributed by atoms with Gasteiger partial charge in [0, 0.05) is 25.4 Å². The quantitative estimate of drug-likeness (QED) is 0.681. The summed E-state index contributed by atoms with van der Waals surface area (Å²) in [7, 11) is 0. The van der Waals surface area contributed by atoms with E-state index in [1.165, 1.54) is 0 Å². The van der Waals surface area contributed by atoms with E-state index in [0.29, 0.717) is 19.5 Å². The normalized spacial score (nSPS) is 21.6. The van der Waals surface area contributed by atoms with E-state index in [-0.39, 0.29) is 11.3 Å². The topological polar surface area (TPSA) is 46.1 Å². The van der Waals surface area contributed by atoms with Crippen molar-refractivity contribution in [1.82, 2.24) is 14.9 Å². The zero-order valence-electron chi connectivity index (χ0n) is 7.56. The standard InChI is InChI=1S/C9H10ClN3O/c10-7-3-9(14)13(5-7)6-8-4-11-1-2-12-8/h1-2,4,7H,3,5-6H2. The predicted octanol–water partition coefficient (Wildman–Crippen LogP) is 0.816. The summed E-state index contributed by atoms with van der Waals surface area (Å²) in [6.07, 6.45) is 5.32. The monoisotopic (exact) mass is 211 g/mol. The number of carbonyl (C=O) groups excluding carboxylic acids is 1. The van der Waals surface area contributed by atoms with Gasteiger partial charge in [0.15, 0.2) is 0 Å². The van der Waals surface area contributed by atoms with Gasteiger partial charge < -0.3 is 4.90 Å². The van der Waals surface area contributed by atoms with Crippen molar-refractivity contribution >= 4 is 17.5 Å². The maximum Gasteiger partial charge on any atom is 0.224 e. The molecule has 1 aliphatic heterocycles. The molecule has 0 aromatic carbocycles. The first-order valence-electron chi connectivity index (χ1n) is 4.42. The fraction of sp³-hybridized carbons (Fsp3) is 0.444. The maximum absolute atomic E-state index is 11.4.